The zero-order valence-electron chi connectivity index (χ0n) is 16.3. The Balaban J connectivity index is 1.71. The molecule has 3 rings (SSSR count). The molecule has 0 fully saturated rings. The zero-order valence-corrected chi connectivity index (χ0v) is 19.4. The van der Waals surface area contributed by atoms with Crippen molar-refractivity contribution in [2.24, 2.45) is 0 Å². The maximum Gasteiger partial charge on any atom is 0.171 e. The summed E-state index contributed by atoms with van der Waals surface area (Å²) >= 11 is 15.1. The van der Waals surface area contributed by atoms with Gasteiger partial charge in [0.15, 0.2) is 5.11 Å². The van der Waals surface area contributed by atoms with E-state index >= 15 is 0 Å². The molecule has 6 nitrogen and oxygen atoms in total. The molecule has 0 amide bonds. The molecule has 154 valence electrons. The summed E-state index contributed by atoms with van der Waals surface area (Å²) in [5, 5.41) is 16.0. The monoisotopic (exact) mass is 498 g/mol. The molecule has 10 heteroatoms. The molecule has 0 saturated heterocycles. The summed E-state index contributed by atoms with van der Waals surface area (Å²) in [4.78, 5) is 0. The fraction of sp³-hybridized carbons (Fsp3) is 0.316. The highest BCUT2D eigenvalue weighted by Gasteiger charge is 2.16. The van der Waals surface area contributed by atoms with Gasteiger partial charge in [-0.25, -0.2) is 4.39 Å². The second-order valence-corrected chi connectivity index (χ2v) is 8.14. The molecule has 2 heterocycles. The van der Waals surface area contributed by atoms with Crippen LogP contribution in [0.25, 0.3) is 0 Å². The molecular weight excluding hydrogens is 479 g/mol. The average molecular weight is 500 g/mol. The van der Waals surface area contributed by atoms with Crippen LogP contribution in [0.5, 0.6) is 0 Å². The van der Waals surface area contributed by atoms with E-state index in [0.717, 1.165) is 33.8 Å². The van der Waals surface area contributed by atoms with Crippen molar-refractivity contribution in [3.63, 3.8) is 0 Å². The lowest BCUT2D eigenvalue weighted by Gasteiger charge is -2.13. The first-order chi connectivity index (χ1) is 13.8. The van der Waals surface area contributed by atoms with Crippen molar-refractivity contribution >= 4 is 50.5 Å². The highest BCUT2D eigenvalue weighted by molar-refractivity contribution is 9.10. The highest BCUT2D eigenvalue weighted by Crippen LogP contribution is 2.24. The number of aromatic nitrogens is 4. The van der Waals surface area contributed by atoms with Gasteiger partial charge in [-0.15, -0.1) is 0 Å². The van der Waals surface area contributed by atoms with Crippen LogP contribution in [0, 0.1) is 19.7 Å². The summed E-state index contributed by atoms with van der Waals surface area (Å²) in [5.74, 6) is -0.352. The Morgan fingerprint density at radius 3 is 2.76 bits per heavy atom. The molecule has 2 aromatic heterocycles. The molecule has 0 unspecified atom stereocenters. The van der Waals surface area contributed by atoms with Crippen LogP contribution in [-0.2, 0) is 19.6 Å². The normalized spacial score (nSPS) is 11.0. The topological polar surface area (TPSA) is 59.7 Å². The van der Waals surface area contributed by atoms with Gasteiger partial charge in [-0.3, -0.25) is 9.36 Å². The maximum atomic E-state index is 14.1. The van der Waals surface area contributed by atoms with Crippen LogP contribution in [-0.4, -0.2) is 24.7 Å². The Kier molecular flexibility index (Phi) is 6.92. The predicted molar refractivity (Wildman–Crippen MR) is 121 cm³/mol. The first-order valence-electron chi connectivity index (χ1n) is 9.03. The maximum absolute atomic E-state index is 14.1. The standard InChI is InChI=1S/C19H21BrClFN6S/c1-4-27-17(14(20)8-24-27)9-23-19(29)25-18-11(2)26-28(12(18)3)10-13-15(21)6-5-7-16(13)22/h5-8H,4,9-10H2,1-3H3,(H2,23,25,29). The largest absolute Gasteiger partial charge is 0.357 e. The first kappa shape index (κ1) is 21.7. The van der Waals surface area contributed by atoms with E-state index in [4.69, 9.17) is 23.8 Å². The number of rotatable bonds is 6. The van der Waals surface area contributed by atoms with Crippen LogP contribution in [0.1, 0.15) is 29.6 Å². The number of halogens is 3. The third-order valence-electron chi connectivity index (χ3n) is 4.60. The molecule has 0 atom stereocenters. The van der Waals surface area contributed by atoms with Crippen molar-refractivity contribution in [2.45, 2.75) is 40.4 Å². The number of nitrogens with one attached hydrogen (secondary N) is 2. The van der Waals surface area contributed by atoms with Crippen molar-refractivity contribution in [3.8, 4) is 0 Å². The number of hydrogen-bond acceptors (Lipinski definition) is 3. The quantitative estimate of drug-likeness (QED) is 0.477. The molecule has 0 aliphatic carbocycles. The number of benzene rings is 1. The van der Waals surface area contributed by atoms with Crippen molar-refractivity contribution in [3.05, 3.63) is 62.4 Å². The summed E-state index contributed by atoms with van der Waals surface area (Å²) in [5.41, 5.74) is 3.81. The molecular formula is C19H21BrClFN6S. The Bertz CT molecular complexity index is 1030. The van der Waals surface area contributed by atoms with E-state index < -0.39 is 0 Å². The second-order valence-electron chi connectivity index (χ2n) is 6.47. The van der Waals surface area contributed by atoms with Gasteiger partial charge in [0.25, 0.3) is 0 Å². The lowest BCUT2D eigenvalue weighted by molar-refractivity contribution is 0.579. The van der Waals surface area contributed by atoms with E-state index in [1.54, 1.807) is 23.0 Å². The van der Waals surface area contributed by atoms with E-state index in [1.165, 1.54) is 6.07 Å². The SMILES string of the molecule is CCn1ncc(Br)c1CNC(=S)Nc1c(C)nn(Cc2c(F)cccc2Cl)c1C. The molecule has 2 N–H and O–H groups in total. The molecule has 29 heavy (non-hydrogen) atoms. The molecule has 0 aliphatic rings. The minimum atomic E-state index is -0.352. The van der Waals surface area contributed by atoms with Crippen molar-refractivity contribution < 1.29 is 4.39 Å². The van der Waals surface area contributed by atoms with E-state index in [-0.39, 0.29) is 12.4 Å². The molecule has 0 saturated carbocycles. The number of hydrogen-bond donors (Lipinski definition) is 2. The van der Waals surface area contributed by atoms with Gasteiger partial charge in [-0.2, -0.15) is 10.2 Å². The average Bonchev–Trinajstić information content (AvgIpc) is 3.17. The Hall–Kier alpha value is -1.97. The highest BCUT2D eigenvalue weighted by atomic mass is 79.9. The first-order valence-corrected chi connectivity index (χ1v) is 10.6. The molecule has 0 aliphatic heterocycles. The Morgan fingerprint density at radius 1 is 1.31 bits per heavy atom. The zero-order chi connectivity index (χ0) is 21.1. The number of nitrogens with zero attached hydrogens (tertiary/aromatic N) is 4. The minimum absolute atomic E-state index is 0.239. The third kappa shape index (κ3) is 4.79. The summed E-state index contributed by atoms with van der Waals surface area (Å²) in [6.45, 7) is 7.34. The summed E-state index contributed by atoms with van der Waals surface area (Å²) in [6, 6.07) is 4.65. The number of aryl methyl sites for hydroxylation is 2. The molecule has 1 aromatic carbocycles. The van der Waals surface area contributed by atoms with Crippen molar-refractivity contribution in [2.75, 3.05) is 5.32 Å². The number of thiocarbonyl (C=S) groups is 1. The van der Waals surface area contributed by atoms with E-state index in [2.05, 4.69) is 36.8 Å². The molecule has 0 radical (unpaired) electrons. The molecule has 0 bridgehead atoms. The number of anilines is 1. The van der Waals surface area contributed by atoms with Gasteiger partial charge in [0, 0.05) is 17.1 Å². The van der Waals surface area contributed by atoms with Gasteiger partial charge in [-0.05, 0) is 61.1 Å². The van der Waals surface area contributed by atoms with Crippen LogP contribution in [0.3, 0.4) is 0 Å². The second kappa shape index (κ2) is 9.23. The van der Waals surface area contributed by atoms with Crippen LogP contribution < -0.4 is 10.6 Å². The van der Waals surface area contributed by atoms with Gasteiger partial charge in [-0.1, -0.05) is 17.7 Å². The van der Waals surface area contributed by atoms with E-state index in [9.17, 15) is 4.39 Å². The lowest BCUT2D eigenvalue weighted by atomic mass is 10.2. The van der Waals surface area contributed by atoms with Crippen LogP contribution in [0.4, 0.5) is 10.1 Å². The van der Waals surface area contributed by atoms with Crippen molar-refractivity contribution in [1.82, 2.24) is 24.9 Å². The van der Waals surface area contributed by atoms with Crippen LogP contribution >= 0.6 is 39.7 Å². The molecule has 3 aromatic rings. The Labute approximate surface area is 187 Å². The fourth-order valence-corrected chi connectivity index (χ4v) is 3.86. The van der Waals surface area contributed by atoms with Crippen molar-refractivity contribution in [1.29, 1.82) is 0 Å². The van der Waals surface area contributed by atoms with Gasteiger partial charge in [0.1, 0.15) is 5.82 Å². The predicted octanol–water partition coefficient (Wildman–Crippen LogP) is 4.81. The van der Waals surface area contributed by atoms with Gasteiger partial charge in [0.05, 0.1) is 46.5 Å². The van der Waals surface area contributed by atoms with Crippen LogP contribution in [0.15, 0.2) is 28.9 Å². The van der Waals surface area contributed by atoms with Crippen LogP contribution in [0.2, 0.25) is 5.02 Å². The summed E-state index contributed by atoms with van der Waals surface area (Å²) < 4.78 is 18.7. The lowest BCUT2D eigenvalue weighted by Crippen LogP contribution is -2.29. The van der Waals surface area contributed by atoms with Gasteiger partial charge in [0.2, 0.25) is 0 Å². The third-order valence-corrected chi connectivity index (χ3v) is 5.87. The van der Waals surface area contributed by atoms with E-state index in [0.29, 0.717) is 22.2 Å². The van der Waals surface area contributed by atoms with E-state index in [1.807, 2.05) is 25.5 Å². The Morgan fingerprint density at radius 2 is 2.07 bits per heavy atom. The minimum Gasteiger partial charge on any atom is -0.357 e. The summed E-state index contributed by atoms with van der Waals surface area (Å²) in [6.07, 6.45) is 1.77. The molecule has 0 spiro atoms. The fourth-order valence-electron chi connectivity index (χ4n) is 3.02. The smallest absolute Gasteiger partial charge is 0.171 e. The van der Waals surface area contributed by atoms with Gasteiger partial charge < -0.3 is 10.6 Å². The summed E-state index contributed by atoms with van der Waals surface area (Å²) in [7, 11) is 0. The van der Waals surface area contributed by atoms with Gasteiger partial charge >= 0.3 is 0 Å².